The lowest BCUT2D eigenvalue weighted by Gasteiger charge is -2.01. The molecule has 2 aromatic rings. The lowest BCUT2D eigenvalue weighted by atomic mass is 10.2. The number of hydrogen-bond donors (Lipinski definition) is 0. The lowest BCUT2D eigenvalue weighted by molar-refractivity contribution is 1.40. The fourth-order valence-electron chi connectivity index (χ4n) is 1.11. The van der Waals surface area contributed by atoms with Crippen LogP contribution in [0.3, 0.4) is 0 Å². The van der Waals surface area contributed by atoms with Gasteiger partial charge in [0, 0.05) is 11.6 Å². The maximum Gasteiger partial charge on any atom is 0.0851 e. The molecule has 1 aromatic carbocycles. The van der Waals surface area contributed by atoms with Gasteiger partial charge in [-0.05, 0) is 34.7 Å². The topological polar surface area (TPSA) is 12.9 Å². The van der Waals surface area contributed by atoms with Crippen molar-refractivity contribution in [1.29, 1.82) is 0 Å². The second-order valence-corrected chi connectivity index (χ2v) is 4.51. The lowest BCUT2D eigenvalue weighted by Crippen LogP contribution is -1.83. The fraction of sp³-hybridized carbons (Fsp3) is 0. The van der Waals surface area contributed by atoms with Crippen molar-refractivity contribution in [3.8, 4) is 0 Å². The van der Waals surface area contributed by atoms with Gasteiger partial charge in [-0.2, -0.15) is 0 Å². The summed E-state index contributed by atoms with van der Waals surface area (Å²) in [5.41, 5.74) is 0.900. The smallest absolute Gasteiger partial charge is 0.0851 e. The number of aromatic nitrogens is 1. The molecule has 0 fully saturated rings. The predicted molar refractivity (Wildman–Crippen MR) is 64.5 cm³/mol. The van der Waals surface area contributed by atoms with Crippen LogP contribution in [0.1, 0.15) is 0 Å². The van der Waals surface area contributed by atoms with E-state index < -0.39 is 0 Å². The van der Waals surface area contributed by atoms with Crippen LogP contribution < -0.4 is 0 Å². The first-order chi connectivity index (χ1) is 6.18. The summed E-state index contributed by atoms with van der Waals surface area (Å²) in [6.45, 7) is 0. The van der Waals surface area contributed by atoms with Crippen molar-refractivity contribution in [3.63, 3.8) is 0 Å². The second kappa shape index (κ2) is 3.59. The van der Waals surface area contributed by atoms with E-state index in [0.29, 0.717) is 5.02 Å². The van der Waals surface area contributed by atoms with Crippen molar-refractivity contribution in [1.82, 2.24) is 4.98 Å². The molecule has 1 heterocycles. The summed E-state index contributed by atoms with van der Waals surface area (Å²) in [5.74, 6) is 0. The second-order valence-electron chi connectivity index (χ2n) is 2.59. The molecule has 0 bridgehead atoms. The molecular weight excluding hydrogens is 320 g/mol. The van der Waals surface area contributed by atoms with E-state index in [0.717, 1.165) is 19.5 Å². The van der Waals surface area contributed by atoms with Gasteiger partial charge in [0.15, 0.2) is 0 Å². The third-order valence-electron chi connectivity index (χ3n) is 1.71. The fourth-order valence-corrected chi connectivity index (χ4v) is 2.06. The Morgan fingerprint density at radius 2 is 2.00 bits per heavy atom. The van der Waals surface area contributed by atoms with Crippen molar-refractivity contribution in [2.75, 3.05) is 0 Å². The van der Waals surface area contributed by atoms with Crippen LogP contribution in [0.2, 0.25) is 10.0 Å². The number of hydrogen-bond acceptors (Lipinski definition) is 1. The Morgan fingerprint density at radius 1 is 1.23 bits per heavy atom. The number of rotatable bonds is 0. The van der Waals surface area contributed by atoms with Gasteiger partial charge in [0.1, 0.15) is 0 Å². The Labute approximate surface area is 99.2 Å². The van der Waals surface area contributed by atoms with Gasteiger partial charge in [-0.3, -0.25) is 4.98 Å². The SMILES string of the molecule is Clc1cnc2c(I)c(Cl)ccc2c1. The van der Waals surface area contributed by atoms with Gasteiger partial charge in [0.25, 0.3) is 0 Å². The molecule has 0 N–H and O–H groups in total. The van der Waals surface area contributed by atoms with E-state index in [1.54, 1.807) is 6.20 Å². The number of benzene rings is 1. The molecule has 66 valence electrons. The molecule has 0 aliphatic heterocycles. The van der Waals surface area contributed by atoms with E-state index in [2.05, 4.69) is 27.6 Å². The van der Waals surface area contributed by atoms with Crippen LogP contribution >= 0.6 is 45.8 Å². The highest BCUT2D eigenvalue weighted by atomic mass is 127. The quantitative estimate of drug-likeness (QED) is 0.664. The van der Waals surface area contributed by atoms with Gasteiger partial charge < -0.3 is 0 Å². The zero-order valence-electron chi connectivity index (χ0n) is 6.39. The van der Waals surface area contributed by atoms with Crippen molar-refractivity contribution in [2.45, 2.75) is 0 Å². The molecule has 0 unspecified atom stereocenters. The van der Waals surface area contributed by atoms with Crippen LogP contribution in [0, 0.1) is 3.57 Å². The molecule has 1 aromatic heterocycles. The zero-order chi connectivity index (χ0) is 9.42. The summed E-state index contributed by atoms with van der Waals surface area (Å²) in [6.07, 6.45) is 1.63. The summed E-state index contributed by atoms with van der Waals surface area (Å²) in [4.78, 5) is 4.22. The summed E-state index contributed by atoms with van der Waals surface area (Å²) in [6, 6.07) is 5.64. The maximum atomic E-state index is 5.95. The summed E-state index contributed by atoms with van der Waals surface area (Å²) in [5, 5.41) is 2.38. The molecular formula is C9H4Cl2IN. The monoisotopic (exact) mass is 323 g/mol. The standard InChI is InChI=1S/C9H4Cl2IN/c10-6-3-5-1-2-7(11)8(12)9(5)13-4-6/h1-4H. The first-order valence-corrected chi connectivity index (χ1v) is 5.41. The van der Waals surface area contributed by atoms with Crippen LogP contribution in [0.15, 0.2) is 24.4 Å². The van der Waals surface area contributed by atoms with E-state index in [-0.39, 0.29) is 0 Å². The van der Waals surface area contributed by atoms with Crippen LogP contribution in [0.4, 0.5) is 0 Å². The van der Waals surface area contributed by atoms with Crippen molar-refractivity contribution >= 4 is 56.7 Å². The van der Waals surface area contributed by atoms with E-state index in [4.69, 9.17) is 23.2 Å². The first kappa shape index (κ1) is 9.49. The third-order valence-corrected chi connectivity index (χ3v) is 3.64. The highest BCUT2D eigenvalue weighted by molar-refractivity contribution is 14.1. The average Bonchev–Trinajstić information content (AvgIpc) is 2.12. The zero-order valence-corrected chi connectivity index (χ0v) is 10.1. The van der Waals surface area contributed by atoms with Gasteiger partial charge >= 0.3 is 0 Å². The minimum atomic E-state index is 0.644. The van der Waals surface area contributed by atoms with Crippen molar-refractivity contribution in [3.05, 3.63) is 38.0 Å². The van der Waals surface area contributed by atoms with Gasteiger partial charge in [-0.15, -0.1) is 0 Å². The average molecular weight is 324 g/mol. The minimum Gasteiger partial charge on any atom is -0.254 e. The number of fused-ring (bicyclic) bond motifs is 1. The largest absolute Gasteiger partial charge is 0.254 e. The molecule has 2 rings (SSSR count). The molecule has 0 saturated heterocycles. The van der Waals surface area contributed by atoms with Crippen LogP contribution in [0.5, 0.6) is 0 Å². The first-order valence-electron chi connectivity index (χ1n) is 3.58. The number of nitrogens with zero attached hydrogens (tertiary/aromatic N) is 1. The predicted octanol–water partition coefficient (Wildman–Crippen LogP) is 4.15. The molecule has 1 nitrogen and oxygen atoms in total. The summed E-state index contributed by atoms with van der Waals surface area (Å²) in [7, 11) is 0. The van der Waals surface area contributed by atoms with E-state index in [9.17, 15) is 0 Å². The molecule has 0 saturated carbocycles. The van der Waals surface area contributed by atoms with Crippen molar-refractivity contribution < 1.29 is 0 Å². The van der Waals surface area contributed by atoms with E-state index in [1.165, 1.54) is 0 Å². The molecule has 0 atom stereocenters. The third kappa shape index (κ3) is 1.75. The Morgan fingerprint density at radius 3 is 2.77 bits per heavy atom. The van der Waals surface area contributed by atoms with Crippen LogP contribution in [-0.2, 0) is 0 Å². The van der Waals surface area contributed by atoms with Gasteiger partial charge in [0.05, 0.1) is 19.1 Å². The molecule has 13 heavy (non-hydrogen) atoms. The minimum absolute atomic E-state index is 0.644. The summed E-state index contributed by atoms with van der Waals surface area (Å²) >= 11 is 13.9. The normalized spacial score (nSPS) is 10.7. The number of halogens is 3. The molecule has 0 aliphatic carbocycles. The van der Waals surface area contributed by atoms with E-state index in [1.807, 2.05) is 18.2 Å². The van der Waals surface area contributed by atoms with Crippen LogP contribution in [-0.4, -0.2) is 4.98 Å². The highest BCUT2D eigenvalue weighted by Crippen LogP contribution is 2.27. The molecule has 0 radical (unpaired) electrons. The molecule has 0 aliphatic rings. The number of pyridine rings is 1. The highest BCUT2D eigenvalue weighted by Gasteiger charge is 2.04. The Balaban J connectivity index is 2.87. The molecule has 0 amide bonds. The van der Waals surface area contributed by atoms with Gasteiger partial charge in [-0.1, -0.05) is 29.3 Å². The van der Waals surface area contributed by atoms with E-state index >= 15 is 0 Å². The van der Waals surface area contributed by atoms with Gasteiger partial charge in [0.2, 0.25) is 0 Å². The summed E-state index contributed by atoms with van der Waals surface area (Å²) < 4.78 is 0.966. The van der Waals surface area contributed by atoms with Gasteiger partial charge in [-0.25, -0.2) is 0 Å². The van der Waals surface area contributed by atoms with Crippen LogP contribution in [0.25, 0.3) is 10.9 Å². The van der Waals surface area contributed by atoms with Crippen molar-refractivity contribution in [2.24, 2.45) is 0 Å². The maximum absolute atomic E-state index is 5.95. The Bertz CT molecular complexity index is 470. The Kier molecular flexibility index (Phi) is 2.62. The Hall–Kier alpha value is -0.0600. The molecule has 4 heteroatoms. The molecule has 0 spiro atoms.